The molecule has 3 aromatic rings. The van der Waals surface area contributed by atoms with Gasteiger partial charge in [-0.3, -0.25) is 4.57 Å². The molecule has 6 nitrogen and oxygen atoms in total. The minimum atomic E-state index is 0.396. The third-order valence-electron chi connectivity index (χ3n) is 4.14. The predicted octanol–water partition coefficient (Wildman–Crippen LogP) is 3.03. The number of aromatic nitrogens is 4. The lowest BCUT2D eigenvalue weighted by atomic mass is 10.1. The topological polar surface area (TPSA) is 64.9 Å². The summed E-state index contributed by atoms with van der Waals surface area (Å²) in [4.78, 5) is 12.6. The molecule has 1 fully saturated rings. The van der Waals surface area contributed by atoms with Crippen LogP contribution in [0.3, 0.4) is 0 Å². The van der Waals surface area contributed by atoms with E-state index in [4.69, 9.17) is 4.74 Å². The van der Waals surface area contributed by atoms with E-state index in [1.165, 1.54) is 5.56 Å². The van der Waals surface area contributed by atoms with E-state index >= 15 is 0 Å². The molecule has 0 spiro atoms. The Morgan fingerprint density at radius 3 is 3.08 bits per heavy atom. The van der Waals surface area contributed by atoms with Crippen LogP contribution in [0.4, 0.5) is 5.82 Å². The molecule has 122 valence electrons. The Morgan fingerprint density at radius 2 is 2.25 bits per heavy atom. The van der Waals surface area contributed by atoms with Crippen molar-refractivity contribution in [3.05, 3.63) is 60.9 Å². The number of hydrogen-bond donors (Lipinski definition) is 1. The smallest absolute Gasteiger partial charge is 0.143 e. The molecule has 0 bridgehead atoms. The van der Waals surface area contributed by atoms with Crippen LogP contribution in [-0.2, 0) is 0 Å². The minimum Gasteiger partial charge on any atom is -0.494 e. The zero-order valence-electron chi connectivity index (χ0n) is 13.5. The zero-order chi connectivity index (χ0) is 16.4. The molecule has 1 aromatic carbocycles. The molecule has 1 saturated carbocycles. The largest absolute Gasteiger partial charge is 0.494 e. The summed E-state index contributed by atoms with van der Waals surface area (Å²) in [6.07, 6.45) is 8.00. The minimum absolute atomic E-state index is 0.396. The lowest BCUT2D eigenvalue weighted by molar-refractivity contribution is 0.340. The van der Waals surface area contributed by atoms with E-state index in [2.05, 4.69) is 38.5 Å². The summed E-state index contributed by atoms with van der Waals surface area (Å²) in [5.41, 5.74) is 1.31. The number of benzene rings is 1. The molecular weight excluding hydrogens is 302 g/mol. The van der Waals surface area contributed by atoms with Crippen LogP contribution in [0.1, 0.15) is 24.8 Å². The third-order valence-corrected chi connectivity index (χ3v) is 4.14. The fourth-order valence-corrected chi connectivity index (χ4v) is 2.88. The highest BCUT2D eigenvalue weighted by Crippen LogP contribution is 2.43. The van der Waals surface area contributed by atoms with E-state index in [0.717, 1.165) is 23.8 Å². The van der Waals surface area contributed by atoms with Gasteiger partial charge in [0.1, 0.15) is 30.0 Å². The average molecular weight is 321 g/mol. The van der Waals surface area contributed by atoms with Crippen molar-refractivity contribution in [2.24, 2.45) is 0 Å². The van der Waals surface area contributed by atoms with Gasteiger partial charge in [0.05, 0.1) is 6.61 Å². The van der Waals surface area contributed by atoms with Gasteiger partial charge in [-0.2, -0.15) is 0 Å². The second-order valence-electron chi connectivity index (χ2n) is 5.83. The molecule has 6 heteroatoms. The van der Waals surface area contributed by atoms with Gasteiger partial charge in [0.15, 0.2) is 0 Å². The number of ether oxygens (including phenoxy) is 1. The number of hydrogen-bond acceptors (Lipinski definition) is 5. The average Bonchev–Trinajstić information content (AvgIpc) is 3.15. The third kappa shape index (κ3) is 3.08. The van der Waals surface area contributed by atoms with Crippen molar-refractivity contribution in [1.29, 1.82) is 0 Å². The molecule has 1 N–H and O–H groups in total. The SMILES string of the molecule is CCOc1cccc(C2CC2Nc2cc(-n3ccnc3)ncn2)c1. The van der Waals surface area contributed by atoms with E-state index in [0.29, 0.717) is 18.6 Å². The van der Waals surface area contributed by atoms with Gasteiger partial charge >= 0.3 is 0 Å². The maximum absolute atomic E-state index is 5.59. The molecule has 2 atom stereocenters. The van der Waals surface area contributed by atoms with E-state index < -0.39 is 0 Å². The van der Waals surface area contributed by atoms with Crippen LogP contribution in [0, 0.1) is 0 Å². The highest BCUT2D eigenvalue weighted by molar-refractivity contribution is 5.46. The van der Waals surface area contributed by atoms with Crippen molar-refractivity contribution in [2.45, 2.75) is 25.3 Å². The maximum Gasteiger partial charge on any atom is 0.143 e. The number of nitrogens with zero attached hydrogens (tertiary/aromatic N) is 4. The van der Waals surface area contributed by atoms with Crippen LogP contribution in [0.5, 0.6) is 5.75 Å². The van der Waals surface area contributed by atoms with Gasteiger partial charge in [-0.05, 0) is 31.0 Å². The summed E-state index contributed by atoms with van der Waals surface area (Å²) in [6, 6.07) is 10.7. The quantitative estimate of drug-likeness (QED) is 0.756. The monoisotopic (exact) mass is 321 g/mol. The molecule has 0 aliphatic heterocycles. The summed E-state index contributed by atoms with van der Waals surface area (Å²) in [5.74, 6) is 3.07. The highest BCUT2D eigenvalue weighted by atomic mass is 16.5. The summed E-state index contributed by atoms with van der Waals surface area (Å²) < 4.78 is 7.45. The van der Waals surface area contributed by atoms with Crippen LogP contribution >= 0.6 is 0 Å². The van der Waals surface area contributed by atoms with E-state index in [-0.39, 0.29) is 0 Å². The number of nitrogens with one attached hydrogen (secondary N) is 1. The molecule has 2 aromatic heterocycles. The van der Waals surface area contributed by atoms with Crippen LogP contribution in [0.2, 0.25) is 0 Å². The first-order valence-corrected chi connectivity index (χ1v) is 8.13. The van der Waals surface area contributed by atoms with Crippen molar-refractivity contribution < 1.29 is 4.74 Å². The molecule has 4 rings (SSSR count). The van der Waals surface area contributed by atoms with E-state index in [9.17, 15) is 0 Å². The fourth-order valence-electron chi connectivity index (χ4n) is 2.88. The van der Waals surface area contributed by atoms with Crippen molar-refractivity contribution in [1.82, 2.24) is 19.5 Å². The van der Waals surface area contributed by atoms with Gasteiger partial charge in [-0.1, -0.05) is 12.1 Å². The molecule has 0 saturated heterocycles. The van der Waals surface area contributed by atoms with E-state index in [1.54, 1.807) is 18.9 Å². The van der Waals surface area contributed by atoms with Crippen LogP contribution < -0.4 is 10.1 Å². The normalized spacial score (nSPS) is 19.0. The lowest BCUT2D eigenvalue weighted by Crippen LogP contribution is -2.07. The van der Waals surface area contributed by atoms with Crippen molar-refractivity contribution >= 4 is 5.82 Å². The standard InChI is InChI=1S/C18H19N5O/c1-2-24-14-5-3-4-13(8-14)15-9-16(15)22-17-10-18(21-11-20-17)23-7-6-19-12-23/h3-8,10-12,15-16H,2,9H2,1H3,(H,20,21,22). The molecule has 0 radical (unpaired) electrons. The van der Waals surface area contributed by atoms with Crippen molar-refractivity contribution in [2.75, 3.05) is 11.9 Å². The summed E-state index contributed by atoms with van der Waals surface area (Å²) >= 11 is 0. The van der Waals surface area contributed by atoms with Gasteiger partial charge < -0.3 is 10.1 Å². The first-order chi connectivity index (χ1) is 11.8. The first-order valence-electron chi connectivity index (χ1n) is 8.13. The lowest BCUT2D eigenvalue weighted by Gasteiger charge is -2.08. The Morgan fingerprint density at radius 1 is 1.29 bits per heavy atom. The molecule has 1 aliphatic rings. The van der Waals surface area contributed by atoms with Gasteiger partial charge in [0, 0.05) is 30.4 Å². The number of imidazole rings is 1. The Bertz CT molecular complexity index is 818. The fraction of sp³-hybridized carbons (Fsp3) is 0.278. The van der Waals surface area contributed by atoms with Gasteiger partial charge in [0.25, 0.3) is 0 Å². The van der Waals surface area contributed by atoms with Crippen molar-refractivity contribution in [3.8, 4) is 11.6 Å². The second-order valence-corrected chi connectivity index (χ2v) is 5.83. The maximum atomic E-state index is 5.59. The molecule has 2 unspecified atom stereocenters. The van der Waals surface area contributed by atoms with Gasteiger partial charge in [-0.15, -0.1) is 0 Å². The predicted molar refractivity (Wildman–Crippen MR) is 91.5 cm³/mol. The van der Waals surface area contributed by atoms with Gasteiger partial charge in [0.2, 0.25) is 0 Å². The van der Waals surface area contributed by atoms with Crippen LogP contribution in [0.15, 0.2) is 55.4 Å². The Labute approximate surface area is 140 Å². The molecule has 0 amide bonds. The van der Waals surface area contributed by atoms with Gasteiger partial charge in [-0.25, -0.2) is 15.0 Å². The highest BCUT2D eigenvalue weighted by Gasteiger charge is 2.38. The first kappa shape index (κ1) is 14.7. The molecule has 24 heavy (non-hydrogen) atoms. The number of rotatable bonds is 6. The van der Waals surface area contributed by atoms with Crippen molar-refractivity contribution in [3.63, 3.8) is 0 Å². The Balaban J connectivity index is 1.44. The zero-order valence-corrected chi connectivity index (χ0v) is 13.5. The Hall–Kier alpha value is -2.89. The van der Waals surface area contributed by atoms with Crippen LogP contribution in [-0.4, -0.2) is 32.2 Å². The summed E-state index contributed by atoms with van der Waals surface area (Å²) in [7, 11) is 0. The summed E-state index contributed by atoms with van der Waals surface area (Å²) in [5, 5.41) is 3.49. The number of anilines is 1. The molecule has 2 heterocycles. The summed E-state index contributed by atoms with van der Waals surface area (Å²) in [6.45, 7) is 2.69. The van der Waals surface area contributed by atoms with E-state index in [1.807, 2.05) is 29.8 Å². The Kier molecular flexibility index (Phi) is 3.86. The molecule has 1 aliphatic carbocycles. The second kappa shape index (κ2) is 6.31. The van der Waals surface area contributed by atoms with Crippen LogP contribution in [0.25, 0.3) is 5.82 Å². The molecular formula is C18H19N5O.